The molecule has 0 heterocycles. The molecule has 1 aliphatic carbocycles. The third-order valence-corrected chi connectivity index (χ3v) is 5.55. The molecule has 0 aromatic heterocycles. The Labute approximate surface area is 99.2 Å². The van der Waals surface area contributed by atoms with Crippen LogP contribution in [0.1, 0.15) is 46.5 Å². The molecule has 0 radical (unpaired) electrons. The summed E-state index contributed by atoms with van der Waals surface area (Å²) in [5, 5.41) is 10.1. The lowest BCUT2D eigenvalue weighted by Gasteiger charge is -2.46. The van der Waals surface area contributed by atoms with E-state index in [1.807, 2.05) is 0 Å². The Balaban J connectivity index is 2.25. The third kappa shape index (κ3) is 3.74. The Morgan fingerprint density at radius 2 is 1.94 bits per heavy atom. The van der Waals surface area contributed by atoms with Gasteiger partial charge in [0.25, 0.3) is 0 Å². The van der Waals surface area contributed by atoms with E-state index in [2.05, 4.69) is 13.8 Å². The number of sulfone groups is 1. The van der Waals surface area contributed by atoms with Crippen molar-refractivity contribution in [3.63, 3.8) is 0 Å². The fourth-order valence-electron chi connectivity index (χ4n) is 2.36. The molecule has 0 atom stereocenters. The van der Waals surface area contributed by atoms with Crippen molar-refractivity contribution in [2.45, 2.75) is 52.1 Å². The highest BCUT2D eigenvalue weighted by Gasteiger charge is 2.43. The molecule has 0 amide bonds. The van der Waals surface area contributed by atoms with Crippen LogP contribution in [0.25, 0.3) is 0 Å². The lowest BCUT2D eigenvalue weighted by atomic mass is 9.65. The van der Waals surface area contributed by atoms with Crippen molar-refractivity contribution < 1.29 is 13.5 Å². The van der Waals surface area contributed by atoms with E-state index in [1.54, 1.807) is 6.92 Å². The summed E-state index contributed by atoms with van der Waals surface area (Å²) in [7, 11) is -2.87. The standard InChI is InChI=1S/C12H24O3S/c1-4-16(14,15)7-5-6-12(13)8-11(9-12)10(2)3/h10-11,13H,4-9H2,1-3H3. The van der Waals surface area contributed by atoms with Crippen LogP contribution in [-0.2, 0) is 9.84 Å². The molecule has 0 aromatic rings. The highest BCUT2D eigenvalue weighted by molar-refractivity contribution is 7.91. The molecule has 0 saturated heterocycles. The minimum atomic E-state index is -2.87. The highest BCUT2D eigenvalue weighted by atomic mass is 32.2. The second kappa shape index (κ2) is 5.05. The van der Waals surface area contributed by atoms with Gasteiger partial charge in [-0.25, -0.2) is 8.42 Å². The van der Waals surface area contributed by atoms with Crippen LogP contribution >= 0.6 is 0 Å². The van der Waals surface area contributed by atoms with Gasteiger partial charge in [0.05, 0.1) is 11.4 Å². The van der Waals surface area contributed by atoms with Gasteiger partial charge in [-0.1, -0.05) is 20.8 Å². The maximum Gasteiger partial charge on any atom is 0.150 e. The van der Waals surface area contributed by atoms with Gasteiger partial charge in [0.2, 0.25) is 0 Å². The minimum absolute atomic E-state index is 0.208. The van der Waals surface area contributed by atoms with E-state index in [1.165, 1.54) is 0 Å². The van der Waals surface area contributed by atoms with Crippen LogP contribution in [0.4, 0.5) is 0 Å². The zero-order valence-corrected chi connectivity index (χ0v) is 11.4. The topological polar surface area (TPSA) is 54.4 Å². The Kier molecular flexibility index (Phi) is 4.41. The fourth-order valence-corrected chi connectivity index (χ4v) is 3.23. The first kappa shape index (κ1) is 14.0. The summed E-state index contributed by atoms with van der Waals surface area (Å²) in [6.07, 6.45) is 2.92. The summed E-state index contributed by atoms with van der Waals surface area (Å²) < 4.78 is 22.6. The lowest BCUT2D eigenvalue weighted by molar-refractivity contribution is -0.0925. The summed E-state index contributed by atoms with van der Waals surface area (Å²) >= 11 is 0. The predicted molar refractivity (Wildman–Crippen MR) is 66.1 cm³/mol. The second-order valence-corrected chi connectivity index (χ2v) is 7.95. The lowest BCUT2D eigenvalue weighted by Crippen LogP contribution is -2.45. The Morgan fingerprint density at radius 1 is 1.38 bits per heavy atom. The summed E-state index contributed by atoms with van der Waals surface area (Å²) in [5.74, 6) is 1.67. The van der Waals surface area contributed by atoms with E-state index in [0.29, 0.717) is 24.7 Å². The molecule has 1 fully saturated rings. The molecular formula is C12H24O3S. The normalized spacial score (nSPS) is 30.4. The first-order chi connectivity index (χ1) is 7.28. The summed E-state index contributed by atoms with van der Waals surface area (Å²) in [6, 6.07) is 0. The van der Waals surface area contributed by atoms with Crippen LogP contribution in [0.3, 0.4) is 0 Å². The average molecular weight is 248 g/mol. The van der Waals surface area contributed by atoms with Gasteiger partial charge in [0.15, 0.2) is 0 Å². The number of hydrogen-bond acceptors (Lipinski definition) is 3. The number of rotatable bonds is 6. The largest absolute Gasteiger partial charge is 0.390 e. The third-order valence-electron chi connectivity index (χ3n) is 3.76. The Hall–Kier alpha value is -0.0900. The van der Waals surface area contributed by atoms with Crippen LogP contribution < -0.4 is 0 Å². The molecule has 4 heteroatoms. The maximum absolute atomic E-state index is 11.3. The van der Waals surface area contributed by atoms with Crippen molar-refractivity contribution in [2.75, 3.05) is 11.5 Å². The van der Waals surface area contributed by atoms with Gasteiger partial charge in [-0.3, -0.25) is 0 Å². The number of aliphatic hydroxyl groups is 1. The maximum atomic E-state index is 11.3. The fraction of sp³-hybridized carbons (Fsp3) is 1.00. The van der Waals surface area contributed by atoms with Crippen molar-refractivity contribution >= 4 is 9.84 Å². The van der Waals surface area contributed by atoms with Crippen molar-refractivity contribution in [1.29, 1.82) is 0 Å². The van der Waals surface area contributed by atoms with Crippen molar-refractivity contribution in [3.8, 4) is 0 Å². The van der Waals surface area contributed by atoms with Gasteiger partial charge in [-0.15, -0.1) is 0 Å². The predicted octanol–water partition coefficient (Wildman–Crippen LogP) is 2.00. The average Bonchev–Trinajstić information content (AvgIpc) is 2.13. The zero-order chi connectivity index (χ0) is 12.4. The summed E-state index contributed by atoms with van der Waals surface area (Å²) in [6.45, 7) is 6.01. The number of hydrogen-bond donors (Lipinski definition) is 1. The molecule has 1 N–H and O–H groups in total. The van der Waals surface area contributed by atoms with Gasteiger partial charge in [-0.05, 0) is 37.5 Å². The van der Waals surface area contributed by atoms with E-state index in [-0.39, 0.29) is 11.5 Å². The van der Waals surface area contributed by atoms with Crippen LogP contribution in [0.2, 0.25) is 0 Å². The van der Waals surface area contributed by atoms with Gasteiger partial charge in [-0.2, -0.15) is 0 Å². The van der Waals surface area contributed by atoms with Crippen LogP contribution in [0, 0.1) is 11.8 Å². The molecule has 0 aromatic carbocycles. The van der Waals surface area contributed by atoms with Crippen LogP contribution in [0.5, 0.6) is 0 Å². The van der Waals surface area contributed by atoms with Crippen LogP contribution in [-0.4, -0.2) is 30.6 Å². The zero-order valence-electron chi connectivity index (χ0n) is 10.6. The van der Waals surface area contributed by atoms with E-state index in [9.17, 15) is 13.5 Å². The summed E-state index contributed by atoms with van der Waals surface area (Å²) in [5.41, 5.74) is -0.571. The minimum Gasteiger partial charge on any atom is -0.390 e. The van der Waals surface area contributed by atoms with Crippen molar-refractivity contribution in [3.05, 3.63) is 0 Å². The van der Waals surface area contributed by atoms with E-state index in [0.717, 1.165) is 12.8 Å². The summed E-state index contributed by atoms with van der Waals surface area (Å²) in [4.78, 5) is 0. The van der Waals surface area contributed by atoms with Crippen molar-refractivity contribution in [1.82, 2.24) is 0 Å². The van der Waals surface area contributed by atoms with E-state index in [4.69, 9.17) is 0 Å². The molecule has 0 unspecified atom stereocenters. The first-order valence-corrected chi connectivity index (χ1v) is 8.03. The monoisotopic (exact) mass is 248 g/mol. The van der Waals surface area contributed by atoms with Crippen molar-refractivity contribution in [2.24, 2.45) is 11.8 Å². The second-order valence-electron chi connectivity index (χ2n) is 5.48. The van der Waals surface area contributed by atoms with E-state index < -0.39 is 15.4 Å². The molecule has 1 rings (SSSR count). The molecule has 16 heavy (non-hydrogen) atoms. The molecule has 0 bridgehead atoms. The van der Waals surface area contributed by atoms with Gasteiger partial charge in [0, 0.05) is 5.75 Å². The van der Waals surface area contributed by atoms with Gasteiger partial charge >= 0.3 is 0 Å². The molecule has 1 saturated carbocycles. The molecular weight excluding hydrogens is 224 g/mol. The SMILES string of the molecule is CCS(=O)(=O)CCCC1(O)CC(C(C)C)C1. The molecule has 96 valence electrons. The molecule has 3 nitrogen and oxygen atoms in total. The quantitative estimate of drug-likeness (QED) is 0.782. The first-order valence-electron chi connectivity index (χ1n) is 6.21. The van der Waals surface area contributed by atoms with Crippen LogP contribution in [0.15, 0.2) is 0 Å². The Morgan fingerprint density at radius 3 is 2.38 bits per heavy atom. The molecule has 0 spiro atoms. The Bertz CT molecular complexity index is 313. The highest BCUT2D eigenvalue weighted by Crippen LogP contribution is 2.44. The molecule has 1 aliphatic rings. The van der Waals surface area contributed by atoms with Gasteiger partial charge < -0.3 is 5.11 Å². The molecule has 0 aliphatic heterocycles. The van der Waals surface area contributed by atoms with Gasteiger partial charge in [0.1, 0.15) is 9.84 Å². The van der Waals surface area contributed by atoms with E-state index >= 15 is 0 Å². The smallest absolute Gasteiger partial charge is 0.150 e.